The maximum Gasteiger partial charge on any atom is 0.335 e. The molecule has 0 heterocycles. The van der Waals surface area contributed by atoms with E-state index in [4.69, 9.17) is 5.11 Å². The van der Waals surface area contributed by atoms with Crippen molar-refractivity contribution in [3.05, 3.63) is 70.3 Å². The SMILES string of the molecule is Cc1cccc(C(=O)N(C)N=Cc2ccc(C(=O)O)cc2F)c1F. The van der Waals surface area contributed by atoms with Gasteiger partial charge in [0, 0.05) is 12.6 Å². The van der Waals surface area contributed by atoms with Crippen LogP contribution in [0.5, 0.6) is 0 Å². The molecule has 2 rings (SSSR count). The molecule has 7 heteroatoms. The van der Waals surface area contributed by atoms with Crippen LogP contribution in [-0.2, 0) is 0 Å². The van der Waals surface area contributed by atoms with E-state index in [1.165, 1.54) is 38.2 Å². The van der Waals surface area contributed by atoms with Crippen molar-refractivity contribution in [2.24, 2.45) is 5.10 Å². The third kappa shape index (κ3) is 3.62. The third-order valence-corrected chi connectivity index (χ3v) is 3.33. The minimum atomic E-state index is -1.25. The molecule has 0 spiro atoms. The lowest BCUT2D eigenvalue weighted by Crippen LogP contribution is -2.22. The summed E-state index contributed by atoms with van der Waals surface area (Å²) < 4.78 is 27.7. The number of amides is 1. The van der Waals surface area contributed by atoms with Gasteiger partial charge in [0.1, 0.15) is 11.6 Å². The van der Waals surface area contributed by atoms with Crippen LogP contribution in [0.2, 0.25) is 0 Å². The number of carbonyl (C=O) groups excluding carboxylic acids is 1. The van der Waals surface area contributed by atoms with E-state index in [1.54, 1.807) is 6.07 Å². The Morgan fingerprint density at radius 1 is 1.21 bits per heavy atom. The van der Waals surface area contributed by atoms with E-state index in [2.05, 4.69) is 5.10 Å². The summed E-state index contributed by atoms with van der Waals surface area (Å²) in [6.07, 6.45) is 1.06. The van der Waals surface area contributed by atoms with E-state index in [0.717, 1.165) is 17.3 Å². The molecule has 2 aromatic rings. The summed E-state index contributed by atoms with van der Waals surface area (Å²) in [5.74, 6) is -3.36. The first-order valence-electron chi connectivity index (χ1n) is 6.91. The maximum absolute atomic E-state index is 13.9. The number of benzene rings is 2. The Bertz CT molecular complexity index is 835. The zero-order valence-corrected chi connectivity index (χ0v) is 13.0. The lowest BCUT2D eigenvalue weighted by Gasteiger charge is -2.12. The normalized spacial score (nSPS) is 10.8. The molecule has 5 nitrogen and oxygen atoms in total. The molecule has 0 aliphatic heterocycles. The Kier molecular flexibility index (Phi) is 5.03. The zero-order chi connectivity index (χ0) is 17.9. The molecule has 0 saturated carbocycles. The number of hydrogen-bond acceptors (Lipinski definition) is 3. The molecule has 0 unspecified atom stereocenters. The largest absolute Gasteiger partial charge is 0.478 e. The van der Waals surface area contributed by atoms with Crippen LogP contribution in [0.1, 0.15) is 31.8 Å². The van der Waals surface area contributed by atoms with Crippen molar-refractivity contribution < 1.29 is 23.5 Å². The van der Waals surface area contributed by atoms with E-state index in [0.29, 0.717) is 5.56 Å². The molecule has 0 aliphatic carbocycles. The predicted molar refractivity (Wildman–Crippen MR) is 84.2 cm³/mol. The number of nitrogens with zero attached hydrogens (tertiary/aromatic N) is 2. The monoisotopic (exact) mass is 332 g/mol. The molecule has 0 aromatic heterocycles. The van der Waals surface area contributed by atoms with E-state index in [1.807, 2.05) is 0 Å². The number of hydrogen-bond donors (Lipinski definition) is 1. The van der Waals surface area contributed by atoms with Crippen LogP contribution in [0.4, 0.5) is 8.78 Å². The van der Waals surface area contributed by atoms with Gasteiger partial charge in [-0.25, -0.2) is 18.6 Å². The van der Waals surface area contributed by atoms with Crippen LogP contribution < -0.4 is 0 Å². The van der Waals surface area contributed by atoms with Crippen molar-refractivity contribution in [1.82, 2.24) is 5.01 Å². The van der Waals surface area contributed by atoms with Crippen LogP contribution in [0.25, 0.3) is 0 Å². The van der Waals surface area contributed by atoms with Crippen LogP contribution >= 0.6 is 0 Å². The molecule has 2 aromatic carbocycles. The molecule has 0 radical (unpaired) electrons. The van der Waals surface area contributed by atoms with Gasteiger partial charge >= 0.3 is 5.97 Å². The molecule has 0 fully saturated rings. The second kappa shape index (κ2) is 6.99. The summed E-state index contributed by atoms with van der Waals surface area (Å²) in [5.41, 5.74) is -0.00911. The molecular formula is C17H14F2N2O3. The Hall–Kier alpha value is -3.09. The first kappa shape index (κ1) is 17.3. The lowest BCUT2D eigenvalue weighted by molar-refractivity contribution is 0.0695. The average Bonchev–Trinajstić information content (AvgIpc) is 2.55. The fraction of sp³-hybridized carbons (Fsp3) is 0.118. The summed E-state index contributed by atoms with van der Waals surface area (Å²) in [5, 5.41) is 13.4. The highest BCUT2D eigenvalue weighted by molar-refractivity contribution is 5.95. The highest BCUT2D eigenvalue weighted by Crippen LogP contribution is 2.14. The Morgan fingerprint density at radius 2 is 1.92 bits per heavy atom. The Morgan fingerprint density at radius 3 is 2.54 bits per heavy atom. The minimum Gasteiger partial charge on any atom is -0.478 e. The van der Waals surface area contributed by atoms with Crippen molar-refractivity contribution in [3.63, 3.8) is 0 Å². The second-order valence-electron chi connectivity index (χ2n) is 5.05. The standard InChI is InChI=1S/C17H14F2N2O3/c1-10-4-3-5-13(15(10)19)16(22)21(2)20-9-12-7-6-11(17(23)24)8-14(12)18/h3-9H,1-2H3,(H,23,24). The molecule has 0 atom stereocenters. The first-order valence-corrected chi connectivity index (χ1v) is 6.91. The van der Waals surface area contributed by atoms with Crippen molar-refractivity contribution in [1.29, 1.82) is 0 Å². The first-order chi connectivity index (χ1) is 11.3. The lowest BCUT2D eigenvalue weighted by atomic mass is 10.1. The van der Waals surface area contributed by atoms with Crippen molar-refractivity contribution in [2.75, 3.05) is 7.05 Å². The molecule has 1 N–H and O–H groups in total. The average molecular weight is 332 g/mol. The van der Waals surface area contributed by atoms with E-state index in [9.17, 15) is 18.4 Å². The van der Waals surface area contributed by atoms with E-state index >= 15 is 0 Å². The smallest absolute Gasteiger partial charge is 0.335 e. The van der Waals surface area contributed by atoms with Gasteiger partial charge in [0.25, 0.3) is 5.91 Å². The number of halogens is 2. The van der Waals surface area contributed by atoms with Gasteiger partial charge in [0.15, 0.2) is 0 Å². The molecule has 0 saturated heterocycles. The molecule has 124 valence electrons. The summed E-state index contributed by atoms with van der Waals surface area (Å²) in [4.78, 5) is 22.9. The number of carboxylic acid groups (broad SMARTS) is 1. The number of carboxylic acids is 1. The van der Waals surface area contributed by atoms with Crippen molar-refractivity contribution >= 4 is 18.1 Å². The van der Waals surface area contributed by atoms with Crippen LogP contribution in [0, 0.1) is 18.6 Å². The van der Waals surface area contributed by atoms with Crippen LogP contribution in [0.3, 0.4) is 0 Å². The summed E-state index contributed by atoms with van der Waals surface area (Å²) >= 11 is 0. The summed E-state index contributed by atoms with van der Waals surface area (Å²) in [6.45, 7) is 1.54. The van der Waals surface area contributed by atoms with Gasteiger partial charge in [-0.05, 0) is 36.8 Å². The minimum absolute atomic E-state index is 0.00404. The summed E-state index contributed by atoms with van der Waals surface area (Å²) in [7, 11) is 1.31. The summed E-state index contributed by atoms with van der Waals surface area (Å²) in [6, 6.07) is 7.72. The van der Waals surface area contributed by atoms with E-state index < -0.39 is 23.5 Å². The molecule has 0 aliphatic rings. The van der Waals surface area contributed by atoms with Gasteiger partial charge in [0.05, 0.1) is 17.3 Å². The van der Waals surface area contributed by atoms with Gasteiger partial charge in [-0.3, -0.25) is 4.79 Å². The molecule has 24 heavy (non-hydrogen) atoms. The fourth-order valence-corrected chi connectivity index (χ4v) is 1.95. The van der Waals surface area contributed by atoms with Gasteiger partial charge in [-0.2, -0.15) is 5.10 Å². The molecular weight excluding hydrogens is 318 g/mol. The number of aryl methyl sites for hydroxylation is 1. The van der Waals surface area contributed by atoms with Gasteiger partial charge in [-0.15, -0.1) is 0 Å². The molecule has 0 bridgehead atoms. The van der Waals surface area contributed by atoms with Crippen molar-refractivity contribution in [2.45, 2.75) is 6.92 Å². The quantitative estimate of drug-likeness (QED) is 0.691. The predicted octanol–water partition coefficient (Wildman–Crippen LogP) is 3.08. The number of aromatic carboxylic acids is 1. The number of carbonyl (C=O) groups is 2. The number of hydrazone groups is 1. The van der Waals surface area contributed by atoms with Crippen LogP contribution in [0.15, 0.2) is 41.5 Å². The Balaban J connectivity index is 2.21. The van der Waals surface area contributed by atoms with E-state index in [-0.39, 0.29) is 16.7 Å². The second-order valence-corrected chi connectivity index (χ2v) is 5.05. The van der Waals surface area contributed by atoms with Gasteiger partial charge in [0.2, 0.25) is 0 Å². The highest BCUT2D eigenvalue weighted by Gasteiger charge is 2.16. The molecule has 1 amide bonds. The Labute approximate surface area is 136 Å². The van der Waals surface area contributed by atoms with Crippen LogP contribution in [-0.4, -0.2) is 35.3 Å². The fourth-order valence-electron chi connectivity index (χ4n) is 1.95. The zero-order valence-electron chi connectivity index (χ0n) is 13.0. The number of rotatable bonds is 4. The highest BCUT2D eigenvalue weighted by atomic mass is 19.1. The third-order valence-electron chi connectivity index (χ3n) is 3.33. The topological polar surface area (TPSA) is 70.0 Å². The maximum atomic E-state index is 13.9. The van der Waals surface area contributed by atoms with Gasteiger partial charge < -0.3 is 5.11 Å². The van der Waals surface area contributed by atoms with Crippen molar-refractivity contribution in [3.8, 4) is 0 Å². The van der Waals surface area contributed by atoms with Gasteiger partial charge in [-0.1, -0.05) is 12.1 Å².